The molecule has 2 atom stereocenters. The number of carbonyl (C=O) groups is 1. The van der Waals surface area contributed by atoms with Crippen molar-refractivity contribution >= 4 is 46.6 Å². The van der Waals surface area contributed by atoms with Gasteiger partial charge in [0.2, 0.25) is 0 Å². The van der Waals surface area contributed by atoms with Gasteiger partial charge in [-0.2, -0.15) is 0 Å². The Morgan fingerprint density at radius 1 is 1.19 bits per heavy atom. The van der Waals surface area contributed by atoms with Gasteiger partial charge < -0.3 is 15.1 Å². The molecule has 0 bridgehead atoms. The highest BCUT2D eigenvalue weighted by Gasteiger charge is 2.40. The second kappa shape index (κ2) is 9.62. The molecule has 164 valence electrons. The number of rotatable bonds is 4. The topological polar surface area (TPSA) is 83.3 Å². The number of nitrogens with zero attached hydrogens (tertiary/aromatic N) is 2. The summed E-state index contributed by atoms with van der Waals surface area (Å²) in [5.41, 5.74) is 0.707. The second-order valence-corrected chi connectivity index (χ2v) is 8.11. The SMILES string of the molecule is CC(=N)N(Cc1ccc(Cl)cc1)C(=N)[C@H]1CC(F)CN1C(=O)Nc1ccc(Cl)cc1F. The van der Waals surface area contributed by atoms with Gasteiger partial charge in [0.25, 0.3) is 0 Å². The van der Waals surface area contributed by atoms with Crippen LogP contribution in [0.1, 0.15) is 18.9 Å². The summed E-state index contributed by atoms with van der Waals surface area (Å²) in [7, 11) is 0. The monoisotopic (exact) mass is 467 g/mol. The Bertz CT molecular complexity index is 1000. The smallest absolute Gasteiger partial charge is 0.313 e. The van der Waals surface area contributed by atoms with Crippen molar-refractivity contribution in [2.45, 2.75) is 32.1 Å². The average molecular weight is 468 g/mol. The molecule has 0 saturated carbocycles. The third kappa shape index (κ3) is 5.51. The third-order valence-corrected chi connectivity index (χ3v) is 5.44. The zero-order valence-electron chi connectivity index (χ0n) is 16.6. The molecule has 0 aromatic heterocycles. The number of hydrogen-bond acceptors (Lipinski definition) is 3. The van der Waals surface area contributed by atoms with Crippen LogP contribution in [0.5, 0.6) is 0 Å². The fourth-order valence-corrected chi connectivity index (χ4v) is 3.67. The van der Waals surface area contributed by atoms with Gasteiger partial charge in [0.05, 0.1) is 30.7 Å². The Kier molecular flexibility index (Phi) is 7.12. The van der Waals surface area contributed by atoms with Crippen molar-refractivity contribution in [1.82, 2.24) is 9.80 Å². The zero-order valence-corrected chi connectivity index (χ0v) is 18.1. The summed E-state index contributed by atoms with van der Waals surface area (Å²) in [6.07, 6.45) is -1.42. The zero-order chi connectivity index (χ0) is 22.7. The molecule has 6 nitrogen and oxygen atoms in total. The molecule has 1 aliphatic heterocycles. The molecule has 31 heavy (non-hydrogen) atoms. The van der Waals surface area contributed by atoms with Crippen LogP contribution in [0.4, 0.5) is 19.3 Å². The maximum Gasteiger partial charge on any atom is 0.322 e. The first-order valence-electron chi connectivity index (χ1n) is 9.48. The fraction of sp³-hybridized carbons (Fsp3) is 0.286. The molecular formula is C21H21Cl2F2N5O. The summed E-state index contributed by atoms with van der Waals surface area (Å²) in [5, 5.41) is 19.8. The van der Waals surface area contributed by atoms with Gasteiger partial charge in [-0.05, 0) is 42.8 Å². The largest absolute Gasteiger partial charge is 0.322 e. The van der Waals surface area contributed by atoms with Gasteiger partial charge in [-0.1, -0.05) is 35.3 Å². The van der Waals surface area contributed by atoms with Crippen molar-refractivity contribution in [3.8, 4) is 0 Å². The minimum Gasteiger partial charge on any atom is -0.313 e. The molecular weight excluding hydrogens is 447 g/mol. The lowest BCUT2D eigenvalue weighted by Crippen LogP contribution is -2.49. The number of anilines is 1. The van der Waals surface area contributed by atoms with Gasteiger partial charge in [0, 0.05) is 16.5 Å². The highest BCUT2D eigenvalue weighted by molar-refractivity contribution is 6.30. The van der Waals surface area contributed by atoms with E-state index >= 15 is 0 Å². The molecule has 3 rings (SSSR count). The van der Waals surface area contributed by atoms with Gasteiger partial charge in [-0.15, -0.1) is 0 Å². The van der Waals surface area contributed by atoms with Gasteiger partial charge in [0.1, 0.15) is 17.8 Å². The lowest BCUT2D eigenvalue weighted by molar-refractivity contribution is 0.211. The molecule has 1 unspecified atom stereocenters. The van der Waals surface area contributed by atoms with Crippen molar-refractivity contribution in [2.24, 2.45) is 0 Å². The summed E-state index contributed by atoms with van der Waals surface area (Å²) in [4.78, 5) is 15.3. The molecule has 0 radical (unpaired) electrons. The minimum absolute atomic E-state index is 0.0753. The van der Waals surface area contributed by atoms with Crippen LogP contribution >= 0.6 is 23.2 Å². The van der Waals surface area contributed by atoms with Crippen LogP contribution in [0.15, 0.2) is 42.5 Å². The highest BCUT2D eigenvalue weighted by Crippen LogP contribution is 2.26. The molecule has 10 heteroatoms. The van der Waals surface area contributed by atoms with Gasteiger partial charge in [-0.25, -0.2) is 13.6 Å². The van der Waals surface area contributed by atoms with Crippen LogP contribution in [-0.2, 0) is 6.54 Å². The first kappa shape index (κ1) is 23.0. The Labute approximate surface area is 188 Å². The first-order valence-corrected chi connectivity index (χ1v) is 10.2. The third-order valence-electron chi connectivity index (χ3n) is 4.95. The molecule has 1 saturated heterocycles. The van der Waals surface area contributed by atoms with E-state index < -0.39 is 24.1 Å². The normalized spacial score (nSPS) is 18.0. The van der Waals surface area contributed by atoms with Crippen LogP contribution in [-0.4, -0.2) is 46.3 Å². The Morgan fingerprint density at radius 2 is 1.84 bits per heavy atom. The summed E-state index contributed by atoms with van der Waals surface area (Å²) in [5.74, 6) is -0.733. The predicted molar refractivity (Wildman–Crippen MR) is 119 cm³/mol. The maximum atomic E-state index is 14.3. The summed E-state index contributed by atoms with van der Waals surface area (Å²) in [6, 6.07) is 9.10. The maximum absolute atomic E-state index is 14.3. The number of amides is 2. The number of likely N-dealkylation sites (tertiary alicyclic amines) is 1. The number of urea groups is 1. The van der Waals surface area contributed by atoms with Gasteiger partial charge >= 0.3 is 6.03 Å². The van der Waals surface area contributed by atoms with Crippen molar-refractivity contribution in [2.75, 3.05) is 11.9 Å². The first-order chi connectivity index (χ1) is 14.7. The second-order valence-electron chi connectivity index (χ2n) is 7.24. The molecule has 1 aliphatic rings. The van der Waals surface area contributed by atoms with Crippen molar-refractivity contribution in [3.63, 3.8) is 0 Å². The number of amidine groups is 2. The fourth-order valence-electron chi connectivity index (χ4n) is 3.38. The van der Waals surface area contributed by atoms with E-state index in [0.717, 1.165) is 16.5 Å². The Hall–Kier alpha value is -2.71. The minimum atomic E-state index is -1.34. The number of carbonyl (C=O) groups excluding carboxylic acids is 1. The van der Waals surface area contributed by atoms with E-state index in [2.05, 4.69) is 5.32 Å². The molecule has 2 amide bonds. The van der Waals surface area contributed by atoms with E-state index in [0.29, 0.717) is 5.02 Å². The van der Waals surface area contributed by atoms with E-state index in [1.165, 1.54) is 24.0 Å². The van der Waals surface area contributed by atoms with Crippen molar-refractivity contribution in [1.29, 1.82) is 10.8 Å². The number of nitrogens with one attached hydrogen (secondary N) is 3. The van der Waals surface area contributed by atoms with Crippen LogP contribution in [0.3, 0.4) is 0 Å². The summed E-state index contributed by atoms with van der Waals surface area (Å²) < 4.78 is 28.3. The van der Waals surface area contributed by atoms with E-state index in [4.69, 9.17) is 34.0 Å². The molecule has 1 heterocycles. The van der Waals surface area contributed by atoms with Crippen LogP contribution in [0, 0.1) is 16.6 Å². The average Bonchev–Trinajstić information content (AvgIpc) is 3.11. The number of benzene rings is 2. The van der Waals surface area contributed by atoms with Crippen molar-refractivity contribution < 1.29 is 13.6 Å². The quantitative estimate of drug-likeness (QED) is 0.406. The molecule has 2 aromatic rings. The number of hydrogen-bond donors (Lipinski definition) is 3. The Morgan fingerprint density at radius 3 is 2.45 bits per heavy atom. The van der Waals surface area contributed by atoms with E-state index in [1.807, 2.05) is 0 Å². The van der Waals surface area contributed by atoms with E-state index in [9.17, 15) is 13.6 Å². The van der Waals surface area contributed by atoms with E-state index in [-0.39, 0.29) is 41.9 Å². The van der Waals surface area contributed by atoms with Crippen molar-refractivity contribution in [3.05, 3.63) is 63.9 Å². The summed E-state index contributed by atoms with van der Waals surface area (Å²) in [6.45, 7) is 1.47. The molecule has 3 N–H and O–H groups in total. The standard InChI is InChI=1S/C21H21Cl2F2N5O/c1-12(26)29(10-13-2-4-14(22)5-3-13)20(27)19-9-16(24)11-30(19)21(31)28-18-7-6-15(23)8-17(18)25/h2-8,16,19,26-27H,9-11H2,1H3,(H,28,31)/t16?,19-/m1/s1. The molecule has 1 fully saturated rings. The lowest BCUT2D eigenvalue weighted by Gasteiger charge is -2.32. The lowest BCUT2D eigenvalue weighted by atomic mass is 10.1. The van der Waals surface area contributed by atoms with Crippen LogP contribution < -0.4 is 5.32 Å². The predicted octanol–water partition coefficient (Wildman–Crippen LogP) is 5.55. The molecule has 0 aliphatic carbocycles. The highest BCUT2D eigenvalue weighted by atomic mass is 35.5. The summed E-state index contributed by atoms with van der Waals surface area (Å²) >= 11 is 11.6. The van der Waals surface area contributed by atoms with Crippen LogP contribution in [0.2, 0.25) is 10.0 Å². The van der Waals surface area contributed by atoms with Gasteiger partial charge in [-0.3, -0.25) is 10.8 Å². The van der Waals surface area contributed by atoms with Gasteiger partial charge in [0.15, 0.2) is 0 Å². The number of halogens is 4. The number of alkyl halides is 1. The van der Waals surface area contributed by atoms with Crippen LogP contribution in [0.25, 0.3) is 0 Å². The van der Waals surface area contributed by atoms with E-state index in [1.54, 1.807) is 24.3 Å². The molecule has 0 spiro atoms. The Balaban J connectivity index is 1.78. The molecule has 2 aromatic carbocycles.